The third kappa shape index (κ3) is 5.21. The third-order valence-electron chi connectivity index (χ3n) is 4.75. The van der Waals surface area contributed by atoms with Crippen molar-refractivity contribution in [3.63, 3.8) is 0 Å². The molecule has 1 N–H and O–H groups in total. The number of hydrogen-bond donors (Lipinski definition) is 1. The molecule has 2 fully saturated rings. The molecule has 0 aromatic rings. The molecule has 0 aliphatic carbocycles. The van der Waals surface area contributed by atoms with Crippen LogP contribution >= 0.6 is 0 Å². The summed E-state index contributed by atoms with van der Waals surface area (Å²) in [6.45, 7) is 5.08. The average Bonchev–Trinajstić information content (AvgIpc) is 2.47. The first-order valence-corrected chi connectivity index (χ1v) is 10.3. The number of amides is 1. The van der Waals surface area contributed by atoms with Crippen LogP contribution in [0.25, 0.3) is 0 Å². The van der Waals surface area contributed by atoms with Crippen LogP contribution in [0.1, 0.15) is 45.4 Å². The Labute approximate surface area is 134 Å². The summed E-state index contributed by atoms with van der Waals surface area (Å²) in [5.41, 5.74) is 0. The molecule has 2 saturated heterocycles. The van der Waals surface area contributed by atoms with Gasteiger partial charge in [-0.25, -0.2) is 13.1 Å². The van der Waals surface area contributed by atoms with E-state index in [0.717, 1.165) is 51.7 Å². The highest BCUT2D eigenvalue weighted by Gasteiger charge is 2.28. The fourth-order valence-electron chi connectivity index (χ4n) is 3.55. The number of hydrogen-bond acceptors (Lipinski definition) is 4. The van der Waals surface area contributed by atoms with E-state index in [4.69, 9.17) is 0 Å². The van der Waals surface area contributed by atoms with Crippen molar-refractivity contribution in [3.8, 4) is 0 Å². The molecule has 2 aliphatic rings. The van der Waals surface area contributed by atoms with Crippen LogP contribution in [0.15, 0.2) is 0 Å². The normalized spacial score (nSPS) is 25.4. The highest BCUT2D eigenvalue weighted by atomic mass is 32.2. The Kier molecular flexibility index (Phi) is 6.23. The second-order valence-corrected chi connectivity index (χ2v) is 8.37. The Hall–Kier alpha value is -0.660. The van der Waals surface area contributed by atoms with Crippen LogP contribution in [-0.2, 0) is 14.8 Å². The van der Waals surface area contributed by atoms with E-state index in [9.17, 15) is 13.2 Å². The highest BCUT2D eigenvalue weighted by molar-refractivity contribution is 7.88. The van der Waals surface area contributed by atoms with Gasteiger partial charge >= 0.3 is 0 Å². The molecule has 0 spiro atoms. The first-order valence-electron chi connectivity index (χ1n) is 8.38. The first-order chi connectivity index (χ1) is 10.4. The largest absolute Gasteiger partial charge is 0.339 e. The molecule has 6 nitrogen and oxygen atoms in total. The number of carbonyl (C=O) groups excluding carboxylic acids is 1. The van der Waals surface area contributed by atoms with Crippen molar-refractivity contribution < 1.29 is 13.2 Å². The molecule has 0 bridgehead atoms. The Bertz CT molecular complexity index is 472. The van der Waals surface area contributed by atoms with Crippen molar-refractivity contribution in [2.24, 2.45) is 0 Å². The van der Waals surface area contributed by atoms with Crippen molar-refractivity contribution in [2.75, 3.05) is 32.4 Å². The van der Waals surface area contributed by atoms with Gasteiger partial charge in [-0.3, -0.25) is 9.69 Å². The summed E-state index contributed by atoms with van der Waals surface area (Å²) in [5.74, 6) is 0.237. The van der Waals surface area contributed by atoms with Crippen molar-refractivity contribution in [1.29, 1.82) is 0 Å². The predicted molar refractivity (Wildman–Crippen MR) is 87.1 cm³/mol. The monoisotopic (exact) mass is 331 g/mol. The lowest BCUT2D eigenvalue weighted by atomic mass is 9.99. The van der Waals surface area contributed by atoms with Gasteiger partial charge in [0.2, 0.25) is 15.9 Å². The average molecular weight is 331 g/mol. The summed E-state index contributed by atoms with van der Waals surface area (Å²) < 4.78 is 25.2. The molecule has 2 aliphatic heterocycles. The zero-order valence-electron chi connectivity index (χ0n) is 13.8. The van der Waals surface area contributed by atoms with E-state index < -0.39 is 10.0 Å². The smallest absolute Gasteiger partial charge is 0.236 e. The van der Waals surface area contributed by atoms with Gasteiger partial charge in [0.15, 0.2) is 0 Å². The van der Waals surface area contributed by atoms with Gasteiger partial charge in [-0.15, -0.1) is 0 Å². The van der Waals surface area contributed by atoms with Crippen molar-refractivity contribution in [1.82, 2.24) is 14.5 Å². The lowest BCUT2D eigenvalue weighted by Gasteiger charge is -2.38. The van der Waals surface area contributed by atoms with Crippen LogP contribution in [0.2, 0.25) is 0 Å². The highest BCUT2D eigenvalue weighted by Crippen LogP contribution is 2.20. The van der Waals surface area contributed by atoms with E-state index in [1.165, 1.54) is 12.7 Å². The summed E-state index contributed by atoms with van der Waals surface area (Å²) in [5, 5.41) is 0. The fraction of sp³-hybridized carbons (Fsp3) is 0.933. The van der Waals surface area contributed by atoms with E-state index in [2.05, 4.69) is 21.4 Å². The molecular formula is C15H29N3O3S. The Morgan fingerprint density at radius 2 is 1.82 bits per heavy atom. The zero-order chi connectivity index (χ0) is 16.2. The summed E-state index contributed by atoms with van der Waals surface area (Å²) >= 11 is 0. The molecule has 0 aromatic carbocycles. The van der Waals surface area contributed by atoms with Gasteiger partial charge in [-0.1, -0.05) is 6.92 Å². The van der Waals surface area contributed by atoms with Crippen LogP contribution in [0.4, 0.5) is 0 Å². The first kappa shape index (κ1) is 17.7. The predicted octanol–water partition coefficient (Wildman–Crippen LogP) is 0.791. The third-order valence-corrected chi connectivity index (χ3v) is 5.51. The minimum Gasteiger partial charge on any atom is -0.339 e. The van der Waals surface area contributed by atoms with Gasteiger partial charge < -0.3 is 4.90 Å². The standard InChI is InChI=1S/C15H29N3O3S/c1-3-14-6-4-5-9-18(14)15(19)12-17-10-7-13(8-11-17)16-22(2,20)21/h13-14,16H,3-12H2,1-2H3. The molecule has 7 heteroatoms. The summed E-state index contributed by atoms with van der Waals surface area (Å²) in [6, 6.07) is 0.422. The van der Waals surface area contributed by atoms with Gasteiger partial charge in [0.05, 0.1) is 12.8 Å². The quantitative estimate of drug-likeness (QED) is 0.809. The van der Waals surface area contributed by atoms with Crippen molar-refractivity contribution in [3.05, 3.63) is 0 Å². The van der Waals surface area contributed by atoms with Crippen LogP contribution in [-0.4, -0.2) is 68.6 Å². The second kappa shape index (κ2) is 7.75. The molecule has 2 heterocycles. The number of sulfonamides is 1. The topological polar surface area (TPSA) is 69.7 Å². The van der Waals surface area contributed by atoms with E-state index in [1.807, 2.05) is 0 Å². The molecule has 2 rings (SSSR count). The van der Waals surface area contributed by atoms with E-state index in [0.29, 0.717) is 12.6 Å². The summed E-state index contributed by atoms with van der Waals surface area (Å²) in [7, 11) is -3.14. The Balaban J connectivity index is 1.79. The maximum Gasteiger partial charge on any atom is 0.236 e. The molecule has 0 saturated carbocycles. The minimum atomic E-state index is -3.14. The molecular weight excluding hydrogens is 302 g/mol. The lowest BCUT2D eigenvalue weighted by molar-refractivity contribution is -0.136. The number of rotatable bonds is 5. The number of likely N-dealkylation sites (tertiary alicyclic amines) is 2. The zero-order valence-corrected chi connectivity index (χ0v) is 14.6. The number of carbonyl (C=O) groups is 1. The van der Waals surface area contributed by atoms with Gasteiger partial charge in [0, 0.05) is 31.7 Å². The van der Waals surface area contributed by atoms with Crippen molar-refractivity contribution in [2.45, 2.75) is 57.5 Å². The molecule has 1 amide bonds. The summed E-state index contributed by atoms with van der Waals surface area (Å²) in [6.07, 6.45) is 7.25. The Morgan fingerprint density at radius 3 is 2.41 bits per heavy atom. The van der Waals surface area contributed by atoms with Crippen molar-refractivity contribution >= 4 is 15.9 Å². The fourth-order valence-corrected chi connectivity index (χ4v) is 4.39. The van der Waals surface area contributed by atoms with Crippen LogP contribution in [0.3, 0.4) is 0 Å². The molecule has 0 aromatic heterocycles. The van der Waals surface area contributed by atoms with Gasteiger partial charge in [-0.05, 0) is 38.5 Å². The maximum atomic E-state index is 12.5. The SMILES string of the molecule is CCC1CCCCN1C(=O)CN1CCC(NS(C)(=O)=O)CC1. The number of nitrogens with one attached hydrogen (secondary N) is 1. The number of piperidine rings is 2. The van der Waals surface area contributed by atoms with Gasteiger partial charge in [0.1, 0.15) is 0 Å². The van der Waals surface area contributed by atoms with Crippen LogP contribution < -0.4 is 4.72 Å². The van der Waals surface area contributed by atoms with E-state index in [1.54, 1.807) is 0 Å². The van der Waals surface area contributed by atoms with Gasteiger partial charge in [-0.2, -0.15) is 0 Å². The molecule has 0 radical (unpaired) electrons. The summed E-state index contributed by atoms with van der Waals surface area (Å²) in [4.78, 5) is 16.7. The molecule has 22 heavy (non-hydrogen) atoms. The van der Waals surface area contributed by atoms with Crippen LogP contribution in [0, 0.1) is 0 Å². The van der Waals surface area contributed by atoms with E-state index >= 15 is 0 Å². The van der Waals surface area contributed by atoms with E-state index in [-0.39, 0.29) is 11.9 Å². The van der Waals surface area contributed by atoms with Gasteiger partial charge in [0.25, 0.3) is 0 Å². The Morgan fingerprint density at radius 1 is 1.14 bits per heavy atom. The maximum absolute atomic E-state index is 12.5. The molecule has 1 atom stereocenters. The second-order valence-electron chi connectivity index (χ2n) is 6.59. The number of nitrogens with zero attached hydrogens (tertiary/aromatic N) is 2. The lowest BCUT2D eigenvalue weighted by Crippen LogP contribution is -2.50. The molecule has 128 valence electrons. The van der Waals surface area contributed by atoms with Crippen LogP contribution in [0.5, 0.6) is 0 Å². The minimum absolute atomic E-state index is 0.0136. The molecule has 1 unspecified atom stereocenters.